The Morgan fingerprint density at radius 2 is 2.44 bits per heavy atom. The van der Waals surface area contributed by atoms with Gasteiger partial charge < -0.3 is 10.1 Å². The molecule has 0 unspecified atom stereocenters. The van der Waals surface area contributed by atoms with Gasteiger partial charge in [-0.1, -0.05) is 17.7 Å². The summed E-state index contributed by atoms with van der Waals surface area (Å²) in [5.74, 6) is 0.624. The van der Waals surface area contributed by atoms with Gasteiger partial charge in [0, 0.05) is 18.8 Å². The Morgan fingerprint density at radius 3 is 3.12 bits per heavy atom. The summed E-state index contributed by atoms with van der Waals surface area (Å²) in [7, 11) is 1.88. The predicted octanol–water partition coefficient (Wildman–Crippen LogP) is 2.80. The number of hydrogen-bond acceptors (Lipinski definition) is 3. The van der Waals surface area contributed by atoms with Gasteiger partial charge in [-0.25, -0.2) is 4.98 Å². The Morgan fingerprint density at radius 1 is 1.62 bits per heavy atom. The summed E-state index contributed by atoms with van der Waals surface area (Å²) in [5, 5.41) is 3.71. The lowest BCUT2D eigenvalue weighted by atomic mass is 10.2. The van der Waals surface area contributed by atoms with E-state index in [2.05, 4.69) is 16.9 Å². The van der Waals surface area contributed by atoms with Crippen molar-refractivity contribution >= 4 is 11.6 Å². The molecule has 16 heavy (non-hydrogen) atoms. The standard InChI is InChI=1S/C12H17ClN2O/c1-3-4-5-6-16-12-7-10(8-14-2)11(13)9-15-12/h3,7,9,14H,1,4-6,8H2,2H3. The van der Waals surface area contributed by atoms with Crippen LogP contribution in [0, 0.1) is 0 Å². The average Bonchev–Trinajstić information content (AvgIpc) is 2.29. The fraction of sp³-hybridized carbons (Fsp3) is 0.417. The van der Waals surface area contributed by atoms with Crippen molar-refractivity contribution in [1.29, 1.82) is 0 Å². The minimum Gasteiger partial charge on any atom is -0.478 e. The molecule has 0 aliphatic carbocycles. The van der Waals surface area contributed by atoms with E-state index in [4.69, 9.17) is 16.3 Å². The summed E-state index contributed by atoms with van der Waals surface area (Å²) in [6, 6.07) is 1.87. The fourth-order valence-corrected chi connectivity index (χ4v) is 1.44. The summed E-state index contributed by atoms with van der Waals surface area (Å²) in [6.07, 6.45) is 5.41. The minimum atomic E-state index is 0.624. The molecule has 1 rings (SSSR count). The first-order chi connectivity index (χ1) is 7.77. The molecule has 88 valence electrons. The van der Waals surface area contributed by atoms with Crippen molar-refractivity contribution in [3.8, 4) is 5.88 Å². The topological polar surface area (TPSA) is 34.1 Å². The Labute approximate surface area is 101 Å². The molecule has 3 nitrogen and oxygen atoms in total. The molecular formula is C12H17ClN2O. The van der Waals surface area contributed by atoms with Gasteiger partial charge in [-0.15, -0.1) is 6.58 Å². The number of pyridine rings is 1. The lowest BCUT2D eigenvalue weighted by molar-refractivity contribution is 0.300. The van der Waals surface area contributed by atoms with Crippen LogP contribution in [0.5, 0.6) is 5.88 Å². The van der Waals surface area contributed by atoms with E-state index in [1.54, 1.807) is 6.20 Å². The van der Waals surface area contributed by atoms with Crippen LogP contribution in [0.1, 0.15) is 18.4 Å². The summed E-state index contributed by atoms with van der Waals surface area (Å²) in [4.78, 5) is 4.11. The minimum absolute atomic E-state index is 0.624. The zero-order valence-corrected chi connectivity index (χ0v) is 10.3. The maximum absolute atomic E-state index is 5.99. The van der Waals surface area contributed by atoms with E-state index in [-0.39, 0.29) is 0 Å². The summed E-state index contributed by atoms with van der Waals surface area (Å²) in [5.41, 5.74) is 0.998. The number of halogens is 1. The second-order valence-corrected chi connectivity index (χ2v) is 3.83. The third-order valence-corrected chi connectivity index (χ3v) is 2.42. The summed E-state index contributed by atoms with van der Waals surface area (Å²) in [6.45, 7) is 5.02. The van der Waals surface area contributed by atoms with Gasteiger partial charge in [-0.2, -0.15) is 0 Å². The number of nitrogens with one attached hydrogen (secondary N) is 1. The molecule has 0 saturated heterocycles. The zero-order chi connectivity index (χ0) is 11.8. The van der Waals surface area contributed by atoms with Crippen LogP contribution in [-0.4, -0.2) is 18.6 Å². The first-order valence-corrected chi connectivity index (χ1v) is 5.68. The van der Waals surface area contributed by atoms with E-state index in [0.29, 0.717) is 24.1 Å². The molecule has 0 fully saturated rings. The third-order valence-electron chi connectivity index (χ3n) is 2.08. The van der Waals surface area contributed by atoms with E-state index >= 15 is 0 Å². The maximum Gasteiger partial charge on any atom is 0.213 e. The molecule has 0 aromatic carbocycles. The quantitative estimate of drug-likeness (QED) is 0.588. The Balaban J connectivity index is 2.53. The van der Waals surface area contributed by atoms with Crippen molar-refractivity contribution in [2.75, 3.05) is 13.7 Å². The number of aromatic nitrogens is 1. The second kappa shape index (κ2) is 7.25. The van der Waals surface area contributed by atoms with Gasteiger partial charge in [0.1, 0.15) is 0 Å². The molecule has 0 radical (unpaired) electrons. The number of rotatable bonds is 7. The Bertz CT molecular complexity index is 342. The van der Waals surface area contributed by atoms with Crippen LogP contribution in [0.25, 0.3) is 0 Å². The van der Waals surface area contributed by atoms with E-state index in [9.17, 15) is 0 Å². The molecule has 1 aromatic heterocycles. The molecular weight excluding hydrogens is 224 g/mol. The highest BCUT2D eigenvalue weighted by Gasteiger charge is 2.03. The van der Waals surface area contributed by atoms with Crippen molar-refractivity contribution in [3.05, 3.63) is 35.5 Å². The van der Waals surface area contributed by atoms with Crippen molar-refractivity contribution in [2.24, 2.45) is 0 Å². The van der Waals surface area contributed by atoms with Gasteiger partial charge in [-0.05, 0) is 25.5 Å². The molecule has 0 aliphatic heterocycles. The van der Waals surface area contributed by atoms with Crippen molar-refractivity contribution in [3.63, 3.8) is 0 Å². The molecule has 0 aliphatic rings. The summed E-state index contributed by atoms with van der Waals surface area (Å²) < 4.78 is 5.50. The van der Waals surface area contributed by atoms with Crippen LogP contribution in [0.2, 0.25) is 5.02 Å². The van der Waals surface area contributed by atoms with Gasteiger partial charge in [-0.3, -0.25) is 0 Å². The first-order valence-electron chi connectivity index (χ1n) is 5.30. The monoisotopic (exact) mass is 240 g/mol. The van der Waals surface area contributed by atoms with Crippen LogP contribution in [0.3, 0.4) is 0 Å². The van der Waals surface area contributed by atoms with Gasteiger partial charge in [0.05, 0.1) is 11.6 Å². The molecule has 0 spiro atoms. The highest BCUT2D eigenvalue weighted by molar-refractivity contribution is 6.31. The van der Waals surface area contributed by atoms with E-state index in [1.807, 2.05) is 19.2 Å². The fourth-order valence-electron chi connectivity index (χ4n) is 1.27. The maximum atomic E-state index is 5.99. The second-order valence-electron chi connectivity index (χ2n) is 3.42. The Kier molecular flexibility index (Phi) is 5.90. The zero-order valence-electron chi connectivity index (χ0n) is 9.50. The highest BCUT2D eigenvalue weighted by Crippen LogP contribution is 2.19. The van der Waals surface area contributed by atoms with Gasteiger partial charge in [0.2, 0.25) is 5.88 Å². The smallest absolute Gasteiger partial charge is 0.213 e. The number of nitrogens with zero attached hydrogens (tertiary/aromatic N) is 1. The Hall–Kier alpha value is -1.06. The molecule has 0 bridgehead atoms. The number of unbranched alkanes of at least 4 members (excludes halogenated alkanes) is 1. The third kappa shape index (κ3) is 4.21. The number of hydrogen-bond donors (Lipinski definition) is 1. The predicted molar refractivity (Wildman–Crippen MR) is 66.9 cm³/mol. The van der Waals surface area contributed by atoms with Gasteiger partial charge in [0.15, 0.2) is 0 Å². The number of ether oxygens (including phenoxy) is 1. The first kappa shape index (κ1) is 13.0. The van der Waals surface area contributed by atoms with Crippen LogP contribution in [-0.2, 0) is 6.54 Å². The normalized spacial score (nSPS) is 10.1. The molecule has 1 heterocycles. The summed E-state index contributed by atoms with van der Waals surface area (Å²) >= 11 is 5.99. The van der Waals surface area contributed by atoms with E-state index in [0.717, 1.165) is 18.4 Å². The van der Waals surface area contributed by atoms with Crippen molar-refractivity contribution < 1.29 is 4.74 Å². The van der Waals surface area contributed by atoms with Crippen LogP contribution in [0.15, 0.2) is 24.9 Å². The number of allylic oxidation sites excluding steroid dienone is 1. The molecule has 1 aromatic rings. The van der Waals surface area contributed by atoms with Crippen molar-refractivity contribution in [1.82, 2.24) is 10.3 Å². The molecule has 0 atom stereocenters. The molecule has 0 amide bonds. The van der Waals surface area contributed by atoms with Crippen LogP contribution < -0.4 is 10.1 Å². The average molecular weight is 241 g/mol. The largest absolute Gasteiger partial charge is 0.478 e. The van der Waals surface area contributed by atoms with Crippen LogP contribution >= 0.6 is 11.6 Å². The molecule has 0 saturated carbocycles. The van der Waals surface area contributed by atoms with Gasteiger partial charge in [0.25, 0.3) is 0 Å². The van der Waals surface area contributed by atoms with Crippen LogP contribution in [0.4, 0.5) is 0 Å². The highest BCUT2D eigenvalue weighted by atomic mass is 35.5. The van der Waals surface area contributed by atoms with E-state index in [1.165, 1.54) is 0 Å². The SMILES string of the molecule is C=CCCCOc1cc(CNC)c(Cl)cn1. The van der Waals surface area contributed by atoms with Gasteiger partial charge >= 0.3 is 0 Å². The lowest BCUT2D eigenvalue weighted by Crippen LogP contribution is -2.07. The molecule has 4 heteroatoms. The lowest BCUT2D eigenvalue weighted by Gasteiger charge is -2.07. The molecule has 1 N–H and O–H groups in total. The van der Waals surface area contributed by atoms with Crippen molar-refractivity contribution in [2.45, 2.75) is 19.4 Å². The van der Waals surface area contributed by atoms with E-state index < -0.39 is 0 Å².